The zero-order chi connectivity index (χ0) is 22.0. The van der Waals surface area contributed by atoms with Crippen LogP contribution in [0.2, 0.25) is 5.02 Å². The number of carbonyl (C=O) groups is 3. The first-order chi connectivity index (χ1) is 15.0. The first-order valence-electron chi connectivity index (χ1n) is 9.90. The number of anilines is 2. The highest BCUT2D eigenvalue weighted by atomic mass is 35.5. The van der Waals surface area contributed by atoms with Gasteiger partial charge in [0.25, 0.3) is 5.91 Å². The van der Waals surface area contributed by atoms with Crippen LogP contribution in [0.5, 0.6) is 0 Å². The molecule has 1 fully saturated rings. The van der Waals surface area contributed by atoms with E-state index >= 15 is 0 Å². The maximum Gasteiger partial charge on any atom is 0.340 e. The van der Waals surface area contributed by atoms with E-state index in [-0.39, 0.29) is 16.5 Å². The van der Waals surface area contributed by atoms with Crippen molar-refractivity contribution in [3.8, 4) is 0 Å². The molecule has 8 heteroatoms. The molecule has 3 aromatic carbocycles. The minimum Gasteiger partial charge on any atom is -0.325 e. The van der Waals surface area contributed by atoms with Crippen LogP contribution in [-0.2, 0) is 4.79 Å². The smallest absolute Gasteiger partial charge is 0.325 e. The molecular weight excluding hydrogens is 416 g/mol. The molecule has 1 saturated heterocycles. The molecule has 7 nitrogen and oxygen atoms in total. The van der Waals surface area contributed by atoms with Gasteiger partial charge in [-0.1, -0.05) is 54.1 Å². The minimum absolute atomic E-state index is 0.143. The topological polar surface area (TPSA) is 81.8 Å². The van der Waals surface area contributed by atoms with E-state index in [0.29, 0.717) is 30.9 Å². The van der Waals surface area contributed by atoms with E-state index in [0.717, 1.165) is 10.8 Å². The van der Waals surface area contributed by atoms with Crippen molar-refractivity contribution in [1.29, 1.82) is 0 Å². The number of nitrogens with zero attached hydrogens (tertiary/aromatic N) is 2. The number of urea groups is 1. The summed E-state index contributed by atoms with van der Waals surface area (Å²) in [5.74, 6) is -0.688. The van der Waals surface area contributed by atoms with Crippen LogP contribution in [-0.4, -0.2) is 41.0 Å². The zero-order valence-electron chi connectivity index (χ0n) is 16.9. The van der Waals surface area contributed by atoms with Gasteiger partial charge in [0.2, 0.25) is 5.91 Å². The molecule has 1 aliphatic heterocycles. The summed E-state index contributed by atoms with van der Waals surface area (Å²) in [6.07, 6.45) is 0.650. The Hall–Kier alpha value is -3.58. The van der Waals surface area contributed by atoms with Gasteiger partial charge in [-0.2, -0.15) is 0 Å². The molecule has 0 atom stereocenters. The Labute approximate surface area is 184 Å². The summed E-state index contributed by atoms with van der Waals surface area (Å²) in [5.41, 5.74) is 1.25. The van der Waals surface area contributed by atoms with Crippen molar-refractivity contribution in [3.05, 3.63) is 71.2 Å². The summed E-state index contributed by atoms with van der Waals surface area (Å²) in [6, 6.07) is 17.9. The second-order valence-electron chi connectivity index (χ2n) is 7.21. The van der Waals surface area contributed by atoms with Crippen LogP contribution < -0.4 is 10.6 Å². The van der Waals surface area contributed by atoms with Crippen molar-refractivity contribution in [1.82, 2.24) is 10.0 Å². The third-order valence-corrected chi connectivity index (χ3v) is 5.48. The molecule has 4 amide bonds. The fraction of sp³-hybridized carbons (Fsp3) is 0.174. The van der Waals surface area contributed by atoms with Crippen LogP contribution in [0.1, 0.15) is 23.7 Å². The van der Waals surface area contributed by atoms with Crippen LogP contribution in [0.25, 0.3) is 10.8 Å². The van der Waals surface area contributed by atoms with E-state index in [1.54, 1.807) is 18.2 Å². The Kier molecular flexibility index (Phi) is 5.77. The first-order valence-corrected chi connectivity index (χ1v) is 10.3. The third-order valence-electron chi connectivity index (χ3n) is 5.07. The maximum atomic E-state index is 13.2. The molecule has 4 rings (SSSR count). The van der Waals surface area contributed by atoms with Crippen molar-refractivity contribution in [2.45, 2.75) is 13.3 Å². The Balaban J connectivity index is 1.57. The first kappa shape index (κ1) is 20.7. The SMILES string of the molecule is CC(=O)Nc1cccc(C(=O)N2CCCN2C(=O)Nc2cccc3ccccc23)c1Cl. The lowest BCUT2D eigenvalue weighted by atomic mass is 10.1. The summed E-state index contributed by atoms with van der Waals surface area (Å²) in [4.78, 5) is 37.6. The second kappa shape index (κ2) is 8.65. The predicted molar refractivity (Wildman–Crippen MR) is 121 cm³/mol. The van der Waals surface area contributed by atoms with Crippen molar-refractivity contribution in [3.63, 3.8) is 0 Å². The molecule has 0 unspecified atom stereocenters. The van der Waals surface area contributed by atoms with Crippen LogP contribution in [0.3, 0.4) is 0 Å². The summed E-state index contributed by atoms with van der Waals surface area (Å²) >= 11 is 6.37. The highest BCUT2D eigenvalue weighted by Crippen LogP contribution is 2.29. The Morgan fingerprint density at radius 1 is 0.839 bits per heavy atom. The standard InChI is InChI=1S/C23H21ClN4O3/c1-15(29)25-20-12-5-10-18(21(20)24)22(30)27-13-6-14-28(27)23(31)26-19-11-4-8-16-7-2-3-9-17(16)19/h2-5,7-12H,6,13-14H2,1H3,(H,25,29)(H,26,31). The number of nitrogens with one attached hydrogen (secondary N) is 2. The molecule has 0 spiro atoms. The molecule has 2 N–H and O–H groups in total. The highest BCUT2D eigenvalue weighted by molar-refractivity contribution is 6.36. The Bertz CT molecular complexity index is 1180. The van der Waals surface area contributed by atoms with E-state index in [4.69, 9.17) is 11.6 Å². The van der Waals surface area contributed by atoms with Gasteiger partial charge < -0.3 is 10.6 Å². The fourth-order valence-corrected chi connectivity index (χ4v) is 3.92. The van der Waals surface area contributed by atoms with Gasteiger partial charge in [0.05, 0.1) is 22.0 Å². The lowest BCUT2D eigenvalue weighted by Crippen LogP contribution is -2.46. The number of benzene rings is 3. The molecule has 1 aliphatic rings. The number of amides is 4. The van der Waals surface area contributed by atoms with Crippen LogP contribution >= 0.6 is 11.6 Å². The third kappa shape index (κ3) is 4.18. The van der Waals surface area contributed by atoms with Gasteiger partial charge in [-0.3, -0.25) is 9.59 Å². The second-order valence-corrected chi connectivity index (χ2v) is 7.59. The molecule has 31 heavy (non-hydrogen) atoms. The number of hydrogen-bond donors (Lipinski definition) is 2. The van der Waals surface area contributed by atoms with Crippen molar-refractivity contribution >= 4 is 51.6 Å². The van der Waals surface area contributed by atoms with Gasteiger partial charge in [-0.25, -0.2) is 14.8 Å². The number of hydrogen-bond acceptors (Lipinski definition) is 3. The number of carbonyl (C=O) groups excluding carboxylic acids is 3. The highest BCUT2D eigenvalue weighted by Gasteiger charge is 2.32. The number of halogens is 1. The van der Waals surface area contributed by atoms with Gasteiger partial charge in [-0.05, 0) is 30.0 Å². The van der Waals surface area contributed by atoms with E-state index in [1.807, 2.05) is 42.5 Å². The Morgan fingerprint density at radius 3 is 2.32 bits per heavy atom. The number of hydrazine groups is 1. The van der Waals surface area contributed by atoms with Crippen molar-refractivity contribution < 1.29 is 14.4 Å². The molecule has 0 saturated carbocycles. The van der Waals surface area contributed by atoms with Gasteiger partial charge in [-0.15, -0.1) is 0 Å². The average molecular weight is 437 g/mol. The Morgan fingerprint density at radius 2 is 1.52 bits per heavy atom. The normalized spacial score (nSPS) is 13.4. The molecule has 1 heterocycles. The fourth-order valence-electron chi connectivity index (χ4n) is 3.67. The van der Waals surface area contributed by atoms with Crippen LogP contribution in [0, 0.1) is 0 Å². The lowest BCUT2D eigenvalue weighted by Gasteiger charge is -2.28. The maximum absolute atomic E-state index is 13.2. The largest absolute Gasteiger partial charge is 0.340 e. The van der Waals surface area contributed by atoms with Crippen molar-refractivity contribution in [2.75, 3.05) is 23.7 Å². The quantitative estimate of drug-likeness (QED) is 0.621. The molecular formula is C23H21ClN4O3. The van der Waals surface area contributed by atoms with E-state index in [9.17, 15) is 14.4 Å². The summed E-state index contributed by atoms with van der Waals surface area (Å²) in [5, 5.41) is 10.4. The molecule has 158 valence electrons. The summed E-state index contributed by atoms with van der Waals surface area (Å²) in [7, 11) is 0. The van der Waals surface area contributed by atoms with Crippen molar-refractivity contribution in [2.24, 2.45) is 0 Å². The molecule has 0 radical (unpaired) electrons. The predicted octanol–water partition coefficient (Wildman–Crippen LogP) is 4.75. The molecule has 0 aliphatic carbocycles. The van der Waals surface area contributed by atoms with Gasteiger partial charge >= 0.3 is 6.03 Å². The van der Waals surface area contributed by atoms with E-state index in [1.165, 1.54) is 16.9 Å². The van der Waals surface area contributed by atoms with Crippen LogP contribution in [0.4, 0.5) is 16.2 Å². The number of rotatable bonds is 3. The zero-order valence-corrected chi connectivity index (χ0v) is 17.6. The molecule has 0 aromatic heterocycles. The molecule has 0 bridgehead atoms. The van der Waals surface area contributed by atoms with E-state index in [2.05, 4.69) is 10.6 Å². The summed E-state index contributed by atoms with van der Waals surface area (Å²) in [6.45, 7) is 2.17. The lowest BCUT2D eigenvalue weighted by molar-refractivity contribution is -0.114. The van der Waals surface area contributed by atoms with Gasteiger partial charge in [0.15, 0.2) is 0 Å². The number of fused-ring (bicyclic) bond motifs is 1. The van der Waals surface area contributed by atoms with Crippen LogP contribution in [0.15, 0.2) is 60.7 Å². The monoisotopic (exact) mass is 436 g/mol. The molecule has 3 aromatic rings. The summed E-state index contributed by atoms with van der Waals surface area (Å²) < 4.78 is 0. The van der Waals surface area contributed by atoms with E-state index < -0.39 is 11.9 Å². The minimum atomic E-state index is -0.400. The average Bonchev–Trinajstić information content (AvgIpc) is 3.25. The van der Waals surface area contributed by atoms with Gasteiger partial charge in [0.1, 0.15) is 0 Å². The van der Waals surface area contributed by atoms with Gasteiger partial charge in [0, 0.05) is 25.4 Å².